The summed E-state index contributed by atoms with van der Waals surface area (Å²) < 4.78 is 9.38. The molecule has 0 saturated carbocycles. The van der Waals surface area contributed by atoms with Gasteiger partial charge in [-0.15, -0.1) is 0 Å². The minimum absolute atomic E-state index is 0.171. The Labute approximate surface area is 66.3 Å². The Morgan fingerprint density at radius 1 is 1.45 bits per heavy atom. The molecule has 0 aliphatic carbocycles. The zero-order valence-corrected chi connectivity index (χ0v) is 7.01. The minimum atomic E-state index is -0.403. The minimum Gasteiger partial charge on any atom is -0.468 e. The molecule has 0 rings (SSSR count). The zero-order valence-electron chi connectivity index (χ0n) is 7.01. The van der Waals surface area contributed by atoms with Gasteiger partial charge in [0.15, 0.2) is 0 Å². The van der Waals surface area contributed by atoms with E-state index in [9.17, 15) is 4.79 Å². The molecule has 0 aromatic carbocycles. The fraction of sp³-hybridized carbons (Fsp3) is 0.375. The number of rotatable bonds is 3. The third-order valence-corrected chi connectivity index (χ3v) is 0.810. The van der Waals surface area contributed by atoms with E-state index in [1.165, 1.54) is 14.0 Å². The molecule has 0 fully saturated rings. The third kappa shape index (κ3) is 5.21. The monoisotopic (exact) mass is 156 g/mol. The second-order valence-corrected chi connectivity index (χ2v) is 2.11. The first-order chi connectivity index (χ1) is 5.06. The first-order valence-electron chi connectivity index (χ1n) is 3.16. The van der Waals surface area contributed by atoms with Crippen molar-refractivity contribution < 1.29 is 14.3 Å². The lowest BCUT2D eigenvalue weighted by Crippen LogP contribution is -2.00. The maximum absolute atomic E-state index is 10.4. The molecule has 0 aromatic heterocycles. The van der Waals surface area contributed by atoms with Crippen LogP contribution in [0, 0.1) is 0 Å². The summed E-state index contributed by atoms with van der Waals surface area (Å²) in [6.07, 6.45) is 1.54. The van der Waals surface area contributed by atoms with Crippen molar-refractivity contribution in [3.05, 3.63) is 24.2 Å². The number of allylic oxidation sites excluding steroid dienone is 2. The van der Waals surface area contributed by atoms with E-state index >= 15 is 0 Å². The summed E-state index contributed by atoms with van der Waals surface area (Å²) in [5.41, 5.74) is 0.767. The Bertz CT molecular complexity index is 192. The van der Waals surface area contributed by atoms with Gasteiger partial charge in [-0.25, -0.2) is 0 Å². The number of hydrogen-bond acceptors (Lipinski definition) is 3. The van der Waals surface area contributed by atoms with Gasteiger partial charge < -0.3 is 9.47 Å². The van der Waals surface area contributed by atoms with Crippen LogP contribution in [0.3, 0.4) is 0 Å². The summed E-state index contributed by atoms with van der Waals surface area (Å²) >= 11 is 0. The van der Waals surface area contributed by atoms with Crippen LogP contribution < -0.4 is 0 Å². The average molecular weight is 156 g/mol. The molecule has 0 atom stereocenters. The van der Waals surface area contributed by atoms with Crippen molar-refractivity contribution in [2.24, 2.45) is 0 Å². The summed E-state index contributed by atoms with van der Waals surface area (Å²) in [4.78, 5) is 10.4. The Hall–Kier alpha value is -1.25. The number of carbonyl (C=O) groups is 1. The lowest BCUT2D eigenvalue weighted by Gasteiger charge is -2.03. The van der Waals surface area contributed by atoms with Crippen LogP contribution in [0.4, 0.5) is 0 Å². The summed E-state index contributed by atoms with van der Waals surface area (Å²) in [5.74, 6) is -0.232. The first-order valence-corrected chi connectivity index (χ1v) is 3.16. The molecule has 0 aliphatic heterocycles. The maximum atomic E-state index is 10.4. The van der Waals surface area contributed by atoms with E-state index in [-0.39, 0.29) is 5.95 Å². The fourth-order valence-corrected chi connectivity index (χ4v) is 0.473. The standard InChI is InChI=1S/C8H12O3/c1-6(2)5-8(10-4)11-7(3)9/h5H,1H2,2-4H3. The largest absolute Gasteiger partial charge is 0.468 e. The summed E-state index contributed by atoms with van der Waals surface area (Å²) in [6.45, 7) is 6.69. The van der Waals surface area contributed by atoms with Crippen molar-refractivity contribution in [3.8, 4) is 0 Å². The van der Waals surface area contributed by atoms with Crippen LogP contribution in [-0.2, 0) is 14.3 Å². The Balaban J connectivity index is 4.16. The highest BCUT2D eigenvalue weighted by atomic mass is 16.7. The van der Waals surface area contributed by atoms with E-state index in [0.717, 1.165) is 5.57 Å². The zero-order chi connectivity index (χ0) is 8.85. The Kier molecular flexibility index (Phi) is 4.03. The highest BCUT2D eigenvalue weighted by molar-refractivity contribution is 5.67. The molecular formula is C8H12O3. The molecule has 3 nitrogen and oxygen atoms in total. The predicted octanol–water partition coefficient (Wildman–Crippen LogP) is 1.61. The van der Waals surface area contributed by atoms with Gasteiger partial charge in [0.1, 0.15) is 0 Å². The van der Waals surface area contributed by atoms with E-state index in [4.69, 9.17) is 4.74 Å². The second-order valence-electron chi connectivity index (χ2n) is 2.11. The van der Waals surface area contributed by atoms with Crippen molar-refractivity contribution in [1.29, 1.82) is 0 Å². The molecule has 0 unspecified atom stereocenters. The fourth-order valence-electron chi connectivity index (χ4n) is 0.473. The molecule has 11 heavy (non-hydrogen) atoms. The molecule has 0 radical (unpaired) electrons. The number of esters is 1. The van der Waals surface area contributed by atoms with Gasteiger partial charge in [0.2, 0.25) is 0 Å². The van der Waals surface area contributed by atoms with E-state index in [2.05, 4.69) is 11.3 Å². The first kappa shape index (κ1) is 9.75. The molecule has 3 heteroatoms. The Morgan fingerprint density at radius 2 is 2.00 bits per heavy atom. The van der Waals surface area contributed by atoms with E-state index < -0.39 is 5.97 Å². The van der Waals surface area contributed by atoms with Gasteiger partial charge >= 0.3 is 5.97 Å². The van der Waals surface area contributed by atoms with Crippen LogP contribution in [0.15, 0.2) is 24.2 Å². The molecule has 0 heterocycles. The predicted molar refractivity (Wildman–Crippen MR) is 41.7 cm³/mol. The lowest BCUT2D eigenvalue weighted by molar-refractivity contribution is -0.141. The molecule has 0 aliphatic rings. The number of hydrogen-bond donors (Lipinski definition) is 0. The van der Waals surface area contributed by atoms with Crippen LogP contribution in [0.25, 0.3) is 0 Å². The van der Waals surface area contributed by atoms with Crippen molar-refractivity contribution in [3.63, 3.8) is 0 Å². The number of methoxy groups -OCH3 is 1. The van der Waals surface area contributed by atoms with E-state index in [0.29, 0.717) is 0 Å². The molecule has 0 amide bonds. The summed E-state index contributed by atoms with van der Waals surface area (Å²) in [6, 6.07) is 0. The summed E-state index contributed by atoms with van der Waals surface area (Å²) in [5, 5.41) is 0. The number of ether oxygens (including phenoxy) is 2. The second kappa shape index (κ2) is 4.55. The van der Waals surface area contributed by atoms with Crippen LogP contribution in [0.2, 0.25) is 0 Å². The highest BCUT2D eigenvalue weighted by Gasteiger charge is 1.99. The molecular weight excluding hydrogens is 144 g/mol. The average Bonchev–Trinajstić information content (AvgIpc) is 1.84. The molecule has 0 N–H and O–H groups in total. The van der Waals surface area contributed by atoms with Crippen molar-refractivity contribution in [1.82, 2.24) is 0 Å². The highest BCUT2D eigenvalue weighted by Crippen LogP contribution is 2.02. The quantitative estimate of drug-likeness (QED) is 0.354. The summed E-state index contributed by atoms with van der Waals surface area (Å²) in [7, 11) is 1.43. The third-order valence-electron chi connectivity index (χ3n) is 0.810. The van der Waals surface area contributed by atoms with Gasteiger partial charge in [0.05, 0.1) is 7.11 Å². The molecule has 0 aromatic rings. The van der Waals surface area contributed by atoms with Crippen molar-refractivity contribution >= 4 is 5.97 Å². The topological polar surface area (TPSA) is 35.5 Å². The van der Waals surface area contributed by atoms with Crippen LogP contribution in [0.1, 0.15) is 13.8 Å². The number of carbonyl (C=O) groups excluding carboxylic acids is 1. The van der Waals surface area contributed by atoms with Crippen LogP contribution in [-0.4, -0.2) is 13.1 Å². The van der Waals surface area contributed by atoms with Crippen LogP contribution >= 0.6 is 0 Å². The lowest BCUT2D eigenvalue weighted by atomic mass is 10.3. The molecule has 0 saturated heterocycles. The molecule has 62 valence electrons. The van der Waals surface area contributed by atoms with Gasteiger partial charge in [0, 0.05) is 13.0 Å². The Morgan fingerprint density at radius 3 is 2.27 bits per heavy atom. The van der Waals surface area contributed by atoms with Gasteiger partial charge in [-0.05, 0) is 6.92 Å². The smallest absolute Gasteiger partial charge is 0.310 e. The molecule has 0 spiro atoms. The van der Waals surface area contributed by atoms with Gasteiger partial charge in [-0.1, -0.05) is 12.2 Å². The van der Waals surface area contributed by atoms with Gasteiger partial charge in [-0.2, -0.15) is 0 Å². The van der Waals surface area contributed by atoms with Crippen LogP contribution in [0.5, 0.6) is 0 Å². The SMILES string of the molecule is C=C(C)C=C(OC)OC(C)=O. The maximum Gasteiger partial charge on any atom is 0.310 e. The van der Waals surface area contributed by atoms with Crippen molar-refractivity contribution in [2.45, 2.75) is 13.8 Å². The van der Waals surface area contributed by atoms with Gasteiger partial charge in [-0.3, -0.25) is 4.79 Å². The normalized spacial score (nSPS) is 10.6. The molecule has 0 bridgehead atoms. The van der Waals surface area contributed by atoms with E-state index in [1.807, 2.05) is 0 Å². The van der Waals surface area contributed by atoms with Gasteiger partial charge in [0.25, 0.3) is 5.95 Å². The van der Waals surface area contributed by atoms with Crippen molar-refractivity contribution in [2.75, 3.05) is 7.11 Å². The van der Waals surface area contributed by atoms with E-state index in [1.54, 1.807) is 13.0 Å².